The molecular formula is C13H21N3OS. The van der Waals surface area contributed by atoms with Gasteiger partial charge in [0.05, 0.1) is 10.7 Å². The van der Waals surface area contributed by atoms with Crippen LogP contribution in [0.4, 0.5) is 10.7 Å². The van der Waals surface area contributed by atoms with Gasteiger partial charge in [-0.15, -0.1) is 11.3 Å². The Morgan fingerprint density at radius 1 is 1.39 bits per heavy atom. The van der Waals surface area contributed by atoms with Gasteiger partial charge in [0.15, 0.2) is 0 Å². The molecule has 1 saturated heterocycles. The van der Waals surface area contributed by atoms with Crippen LogP contribution in [0.1, 0.15) is 42.8 Å². The van der Waals surface area contributed by atoms with Crippen molar-refractivity contribution in [1.82, 2.24) is 0 Å². The molecule has 0 aliphatic carbocycles. The lowest BCUT2D eigenvalue weighted by Crippen LogP contribution is -2.24. The van der Waals surface area contributed by atoms with Crippen LogP contribution in [0.2, 0.25) is 0 Å². The first-order valence-corrected chi connectivity index (χ1v) is 7.15. The van der Waals surface area contributed by atoms with Crippen molar-refractivity contribution < 1.29 is 4.79 Å². The van der Waals surface area contributed by atoms with E-state index in [9.17, 15) is 4.79 Å². The molecule has 0 unspecified atom stereocenters. The van der Waals surface area contributed by atoms with Gasteiger partial charge in [0.2, 0.25) is 0 Å². The van der Waals surface area contributed by atoms with E-state index in [1.165, 1.54) is 24.2 Å². The summed E-state index contributed by atoms with van der Waals surface area (Å²) in [4.78, 5) is 14.0. The van der Waals surface area contributed by atoms with Gasteiger partial charge in [-0.3, -0.25) is 4.79 Å². The number of hydrogen-bond donors (Lipinski definition) is 2. The highest BCUT2D eigenvalue weighted by Crippen LogP contribution is 2.36. The highest BCUT2D eigenvalue weighted by molar-refractivity contribution is 7.18. The first kappa shape index (κ1) is 13.2. The van der Waals surface area contributed by atoms with Crippen molar-refractivity contribution in [2.24, 2.45) is 11.1 Å². The molecule has 0 spiro atoms. The molecule has 0 saturated carbocycles. The molecular weight excluding hydrogens is 246 g/mol. The van der Waals surface area contributed by atoms with Gasteiger partial charge in [-0.2, -0.15) is 0 Å². The van der Waals surface area contributed by atoms with E-state index < -0.39 is 5.91 Å². The van der Waals surface area contributed by atoms with Crippen LogP contribution in [0.5, 0.6) is 0 Å². The number of anilines is 2. The summed E-state index contributed by atoms with van der Waals surface area (Å²) >= 11 is 1.41. The summed E-state index contributed by atoms with van der Waals surface area (Å²) in [7, 11) is 0. The van der Waals surface area contributed by atoms with Crippen molar-refractivity contribution in [2.45, 2.75) is 33.1 Å². The number of nitrogens with two attached hydrogens (primary N) is 2. The third-order valence-electron chi connectivity index (χ3n) is 3.62. The minimum atomic E-state index is -0.432. The van der Waals surface area contributed by atoms with E-state index in [0.717, 1.165) is 24.5 Å². The number of thiophene rings is 1. The van der Waals surface area contributed by atoms with Gasteiger partial charge in [0.25, 0.3) is 5.91 Å². The normalized spacial score (nSPS) is 19.6. The van der Waals surface area contributed by atoms with Crippen LogP contribution in [-0.2, 0) is 0 Å². The maximum atomic E-state index is 11.2. The predicted molar refractivity (Wildman–Crippen MR) is 77.1 cm³/mol. The summed E-state index contributed by atoms with van der Waals surface area (Å²) in [6.45, 7) is 6.68. The Hall–Kier alpha value is -1.23. The van der Waals surface area contributed by atoms with Crippen molar-refractivity contribution in [2.75, 3.05) is 23.7 Å². The van der Waals surface area contributed by atoms with E-state index >= 15 is 0 Å². The zero-order valence-electron chi connectivity index (χ0n) is 11.0. The second-order valence-corrected chi connectivity index (χ2v) is 6.77. The van der Waals surface area contributed by atoms with Crippen molar-refractivity contribution in [3.63, 3.8) is 0 Å². The van der Waals surface area contributed by atoms with Crippen LogP contribution in [0.3, 0.4) is 0 Å². The fourth-order valence-corrected chi connectivity index (χ4v) is 3.37. The number of hydrogen-bond acceptors (Lipinski definition) is 4. The molecule has 1 aromatic heterocycles. The third kappa shape index (κ3) is 2.77. The molecule has 4 N–H and O–H groups in total. The fraction of sp³-hybridized carbons (Fsp3) is 0.615. The van der Waals surface area contributed by atoms with Crippen LogP contribution in [-0.4, -0.2) is 19.0 Å². The van der Waals surface area contributed by atoms with Crippen LogP contribution in [0, 0.1) is 5.41 Å². The van der Waals surface area contributed by atoms with Gasteiger partial charge in [0, 0.05) is 13.1 Å². The first-order chi connectivity index (χ1) is 8.39. The lowest BCUT2D eigenvalue weighted by molar-refractivity contribution is 0.100. The summed E-state index contributed by atoms with van der Waals surface area (Å²) < 4.78 is 0. The Bertz CT molecular complexity index is 453. The smallest absolute Gasteiger partial charge is 0.260 e. The van der Waals surface area contributed by atoms with E-state index in [1.807, 2.05) is 6.07 Å². The molecule has 4 nitrogen and oxygen atoms in total. The van der Waals surface area contributed by atoms with E-state index in [1.54, 1.807) is 0 Å². The average Bonchev–Trinajstić information content (AvgIpc) is 2.55. The number of carbonyl (C=O) groups is 1. The summed E-state index contributed by atoms with van der Waals surface area (Å²) in [6, 6.07) is 1.88. The summed E-state index contributed by atoms with van der Waals surface area (Å²) in [5, 5.41) is 1.07. The highest BCUT2D eigenvalue weighted by Gasteiger charge is 2.24. The zero-order valence-corrected chi connectivity index (χ0v) is 11.8. The van der Waals surface area contributed by atoms with E-state index in [0.29, 0.717) is 16.0 Å². The van der Waals surface area contributed by atoms with Crippen molar-refractivity contribution >= 4 is 27.9 Å². The Labute approximate surface area is 112 Å². The van der Waals surface area contributed by atoms with E-state index in [-0.39, 0.29) is 0 Å². The Balaban J connectivity index is 2.17. The Kier molecular flexibility index (Phi) is 3.52. The van der Waals surface area contributed by atoms with Gasteiger partial charge in [-0.25, -0.2) is 0 Å². The minimum absolute atomic E-state index is 0.407. The topological polar surface area (TPSA) is 72.3 Å². The average molecular weight is 267 g/mol. The van der Waals surface area contributed by atoms with Gasteiger partial charge >= 0.3 is 0 Å². The van der Waals surface area contributed by atoms with E-state index in [2.05, 4.69) is 18.7 Å². The number of nitrogen functional groups attached to an aromatic ring is 1. The summed E-state index contributed by atoms with van der Waals surface area (Å²) in [5.74, 6) is -0.432. The molecule has 1 aliphatic heterocycles. The maximum absolute atomic E-state index is 11.2. The molecule has 1 aromatic rings. The third-order valence-corrected chi connectivity index (χ3v) is 4.85. The second kappa shape index (κ2) is 4.80. The lowest BCUT2D eigenvalue weighted by Gasteiger charge is -2.23. The molecule has 0 radical (unpaired) electrons. The monoisotopic (exact) mass is 267 g/mol. The minimum Gasteiger partial charge on any atom is -0.397 e. The number of primary amides is 1. The number of carbonyl (C=O) groups excluding carboxylic acids is 1. The van der Waals surface area contributed by atoms with Gasteiger partial charge in [-0.05, 0) is 30.7 Å². The summed E-state index contributed by atoms with van der Waals surface area (Å²) in [5.41, 5.74) is 12.0. The molecule has 1 fully saturated rings. The molecule has 1 amide bonds. The molecule has 18 heavy (non-hydrogen) atoms. The Morgan fingerprint density at radius 2 is 2.11 bits per heavy atom. The molecule has 0 bridgehead atoms. The zero-order chi connectivity index (χ0) is 13.3. The highest BCUT2D eigenvalue weighted by atomic mass is 32.1. The van der Waals surface area contributed by atoms with Gasteiger partial charge < -0.3 is 16.4 Å². The summed E-state index contributed by atoms with van der Waals surface area (Å²) in [6.07, 6.45) is 3.58. The molecule has 0 atom stereocenters. The van der Waals surface area contributed by atoms with Crippen LogP contribution < -0.4 is 16.4 Å². The molecule has 100 valence electrons. The van der Waals surface area contributed by atoms with Crippen molar-refractivity contribution in [3.8, 4) is 0 Å². The number of nitrogens with zero attached hydrogens (tertiary/aromatic N) is 1. The van der Waals surface area contributed by atoms with Crippen molar-refractivity contribution in [1.29, 1.82) is 0 Å². The molecule has 1 aliphatic rings. The molecule has 5 heteroatoms. The predicted octanol–water partition coefficient (Wildman–Crippen LogP) is 2.45. The van der Waals surface area contributed by atoms with Crippen LogP contribution >= 0.6 is 11.3 Å². The molecule has 2 rings (SSSR count). The second-order valence-electron chi connectivity index (χ2n) is 5.74. The van der Waals surface area contributed by atoms with Gasteiger partial charge in [0.1, 0.15) is 4.88 Å². The van der Waals surface area contributed by atoms with Gasteiger partial charge in [-0.1, -0.05) is 13.8 Å². The maximum Gasteiger partial charge on any atom is 0.260 e. The fourth-order valence-electron chi connectivity index (χ4n) is 2.38. The van der Waals surface area contributed by atoms with Crippen molar-refractivity contribution in [3.05, 3.63) is 10.9 Å². The number of amides is 1. The van der Waals surface area contributed by atoms with E-state index in [4.69, 9.17) is 11.5 Å². The Morgan fingerprint density at radius 3 is 2.72 bits per heavy atom. The number of rotatable bonds is 2. The largest absolute Gasteiger partial charge is 0.397 e. The first-order valence-electron chi connectivity index (χ1n) is 6.33. The van der Waals surface area contributed by atoms with Crippen LogP contribution in [0.25, 0.3) is 0 Å². The SMILES string of the molecule is CC1(C)CCCN(c2cc(N)c(C(N)=O)s2)CC1. The quantitative estimate of drug-likeness (QED) is 0.864. The molecule has 0 aromatic carbocycles. The molecule has 2 heterocycles. The lowest BCUT2D eigenvalue weighted by atomic mass is 9.85. The standard InChI is InChI=1S/C13H21N3OS/c1-13(2)4-3-6-16(7-5-13)10-8-9(14)11(18-10)12(15)17/h8H,3-7,14H2,1-2H3,(H2,15,17). The van der Waals surface area contributed by atoms with Crippen LogP contribution in [0.15, 0.2) is 6.07 Å².